The minimum atomic E-state index is -2.16. The zero-order chi connectivity index (χ0) is 25.7. The first kappa shape index (κ1) is 27.3. The third-order valence-corrected chi connectivity index (χ3v) is 5.23. The van der Waals surface area contributed by atoms with E-state index in [4.69, 9.17) is 9.47 Å². The van der Waals surface area contributed by atoms with Crippen molar-refractivity contribution in [2.75, 3.05) is 13.2 Å². The topological polar surface area (TPSA) is 94.1 Å². The lowest BCUT2D eigenvalue weighted by Crippen LogP contribution is -2.41. The van der Waals surface area contributed by atoms with Gasteiger partial charge in [0.15, 0.2) is 35.0 Å². The third kappa shape index (κ3) is 6.77. The Morgan fingerprint density at radius 3 is 2.32 bits per heavy atom. The Kier molecular flexibility index (Phi) is 8.79. The van der Waals surface area contributed by atoms with E-state index in [0.717, 1.165) is 12.6 Å². The van der Waals surface area contributed by atoms with Crippen LogP contribution in [0.15, 0.2) is 11.1 Å². The number of esters is 1. The molecule has 1 saturated carbocycles. The van der Waals surface area contributed by atoms with Gasteiger partial charge in [0.1, 0.15) is 5.60 Å². The van der Waals surface area contributed by atoms with Crippen LogP contribution in [0.4, 0.5) is 22.4 Å². The predicted molar refractivity (Wildman–Crippen MR) is 115 cm³/mol. The van der Waals surface area contributed by atoms with Crippen molar-refractivity contribution in [3.8, 4) is 0 Å². The number of benzene rings is 1. The first-order chi connectivity index (χ1) is 15.8. The normalized spacial score (nSPS) is 16.0. The molecular weight excluding hydrogens is 460 g/mol. The molecular formula is C23H28F4N2O5. The molecule has 0 radical (unpaired) electrons. The van der Waals surface area contributed by atoms with E-state index < -0.39 is 63.7 Å². The van der Waals surface area contributed by atoms with Crippen LogP contribution in [0.5, 0.6) is 0 Å². The molecule has 1 aromatic carbocycles. The van der Waals surface area contributed by atoms with Crippen LogP contribution in [0.3, 0.4) is 0 Å². The summed E-state index contributed by atoms with van der Waals surface area (Å²) in [4.78, 5) is 41.4. The summed E-state index contributed by atoms with van der Waals surface area (Å²) in [5, 5.41) is 2.61. The van der Waals surface area contributed by atoms with Crippen molar-refractivity contribution in [2.45, 2.75) is 64.5 Å². The fraction of sp³-hybridized carbons (Fsp3) is 0.565. The Morgan fingerprint density at radius 2 is 1.79 bits per heavy atom. The molecule has 1 N–H and O–H groups in total. The van der Waals surface area contributed by atoms with Crippen molar-refractivity contribution in [2.24, 2.45) is 10.9 Å². The van der Waals surface area contributed by atoms with Gasteiger partial charge in [-0.15, -0.1) is 0 Å². The number of alkyl carbamates (subject to hydrolysis) is 1. The van der Waals surface area contributed by atoms with Crippen LogP contribution in [-0.4, -0.2) is 48.4 Å². The number of Topliss-reactive ketones (excluding diaryl/α,β-unsaturated/α-hetero) is 1. The van der Waals surface area contributed by atoms with Crippen LogP contribution < -0.4 is 5.32 Å². The smallest absolute Gasteiger partial charge is 0.407 e. The Hall–Kier alpha value is -2.98. The molecule has 11 heteroatoms. The maximum Gasteiger partial charge on any atom is 0.407 e. The van der Waals surface area contributed by atoms with E-state index in [2.05, 4.69) is 10.3 Å². The average Bonchev–Trinajstić information content (AvgIpc) is 2.71. The Labute approximate surface area is 194 Å². The van der Waals surface area contributed by atoms with Gasteiger partial charge in [-0.25, -0.2) is 22.4 Å². The number of ether oxygens (including phenoxy) is 2. The number of carbonyl (C=O) groups excluding carboxylic acids is 3. The van der Waals surface area contributed by atoms with Gasteiger partial charge < -0.3 is 14.8 Å². The van der Waals surface area contributed by atoms with E-state index in [9.17, 15) is 31.9 Å². The first-order valence-electron chi connectivity index (χ1n) is 10.9. The van der Waals surface area contributed by atoms with Crippen molar-refractivity contribution < 1.29 is 41.4 Å². The number of halogens is 4. The summed E-state index contributed by atoms with van der Waals surface area (Å²) >= 11 is 0. The molecule has 188 valence electrons. The van der Waals surface area contributed by atoms with Crippen molar-refractivity contribution >= 4 is 24.1 Å². The SMILES string of the molecule is CCOC(=O)C(C=NC1(CCNC(=O)OC(C)(C)C)CCC1)C(=O)c1cc(F)c(F)c(F)c1F. The van der Waals surface area contributed by atoms with Gasteiger partial charge in [0.2, 0.25) is 0 Å². The number of rotatable bonds is 9. The average molecular weight is 488 g/mol. The molecule has 0 spiro atoms. The molecule has 1 aliphatic rings. The first-order valence-corrected chi connectivity index (χ1v) is 10.9. The lowest BCUT2D eigenvalue weighted by atomic mass is 9.75. The van der Waals surface area contributed by atoms with E-state index >= 15 is 0 Å². The maximum absolute atomic E-state index is 14.2. The van der Waals surface area contributed by atoms with Crippen molar-refractivity contribution in [3.05, 3.63) is 34.9 Å². The molecule has 0 heterocycles. The summed E-state index contributed by atoms with van der Waals surface area (Å²) in [6.07, 6.45) is 2.72. The molecule has 1 atom stereocenters. The van der Waals surface area contributed by atoms with E-state index in [0.29, 0.717) is 19.3 Å². The Morgan fingerprint density at radius 1 is 1.15 bits per heavy atom. The molecule has 1 aliphatic carbocycles. The Bertz CT molecular complexity index is 971. The number of carbonyl (C=O) groups is 3. The molecule has 0 saturated heterocycles. The predicted octanol–water partition coefficient (Wildman–Crippen LogP) is 4.51. The molecule has 1 aromatic rings. The number of ketones is 1. The van der Waals surface area contributed by atoms with Gasteiger partial charge in [-0.2, -0.15) is 0 Å². The summed E-state index contributed by atoms with van der Waals surface area (Å²) in [5.74, 6) is -12.1. The zero-order valence-electron chi connectivity index (χ0n) is 19.5. The molecule has 1 fully saturated rings. The minimum absolute atomic E-state index is 0.115. The lowest BCUT2D eigenvalue weighted by molar-refractivity contribution is -0.144. The largest absolute Gasteiger partial charge is 0.465 e. The fourth-order valence-electron chi connectivity index (χ4n) is 3.36. The van der Waals surface area contributed by atoms with Gasteiger partial charge in [0, 0.05) is 12.8 Å². The van der Waals surface area contributed by atoms with Crippen LogP contribution in [-0.2, 0) is 14.3 Å². The number of nitrogens with one attached hydrogen (secondary N) is 1. The van der Waals surface area contributed by atoms with Crippen LogP contribution in [0.25, 0.3) is 0 Å². The minimum Gasteiger partial charge on any atom is -0.465 e. The highest BCUT2D eigenvalue weighted by Crippen LogP contribution is 2.38. The zero-order valence-corrected chi connectivity index (χ0v) is 19.5. The van der Waals surface area contributed by atoms with Crippen LogP contribution >= 0.6 is 0 Å². The van der Waals surface area contributed by atoms with Gasteiger partial charge in [0.05, 0.1) is 17.7 Å². The fourth-order valence-corrected chi connectivity index (χ4v) is 3.36. The second kappa shape index (κ2) is 11.0. The monoisotopic (exact) mass is 488 g/mol. The molecule has 34 heavy (non-hydrogen) atoms. The molecule has 7 nitrogen and oxygen atoms in total. The summed E-state index contributed by atoms with van der Waals surface area (Å²) in [6.45, 7) is 6.73. The standard InChI is InChI=1S/C23H28F4N2O5/c1-5-33-20(31)14(19(30)13-11-15(24)17(26)18(27)16(13)25)12-29-23(7-6-8-23)9-10-28-21(32)34-22(2,3)4/h11-12,14H,5-10H2,1-4H3,(H,28,32). The number of aliphatic imine (C=N–C) groups is 1. The van der Waals surface area contributed by atoms with Gasteiger partial charge in [-0.1, -0.05) is 0 Å². The third-order valence-electron chi connectivity index (χ3n) is 5.23. The molecule has 0 aliphatic heterocycles. The van der Waals surface area contributed by atoms with Gasteiger partial charge >= 0.3 is 12.1 Å². The summed E-state index contributed by atoms with van der Waals surface area (Å²) in [6, 6.07) is 0.194. The summed E-state index contributed by atoms with van der Waals surface area (Å²) in [5.41, 5.74) is -2.49. The van der Waals surface area contributed by atoms with Crippen molar-refractivity contribution in [1.29, 1.82) is 0 Å². The second-order valence-electron chi connectivity index (χ2n) is 8.98. The quantitative estimate of drug-likeness (QED) is 0.105. The second-order valence-corrected chi connectivity index (χ2v) is 8.98. The molecule has 1 amide bonds. The number of hydrogen-bond donors (Lipinski definition) is 1. The Balaban J connectivity index is 2.22. The molecule has 2 rings (SSSR count). The highest BCUT2D eigenvalue weighted by molar-refractivity contribution is 6.18. The summed E-state index contributed by atoms with van der Waals surface area (Å²) in [7, 11) is 0. The van der Waals surface area contributed by atoms with Gasteiger partial charge in [-0.05, 0) is 59.4 Å². The van der Waals surface area contributed by atoms with Crippen LogP contribution in [0, 0.1) is 29.2 Å². The van der Waals surface area contributed by atoms with Crippen molar-refractivity contribution in [1.82, 2.24) is 5.32 Å². The van der Waals surface area contributed by atoms with Crippen LogP contribution in [0.2, 0.25) is 0 Å². The molecule has 0 bridgehead atoms. The van der Waals surface area contributed by atoms with Crippen molar-refractivity contribution in [3.63, 3.8) is 0 Å². The van der Waals surface area contributed by atoms with E-state index in [-0.39, 0.29) is 19.2 Å². The van der Waals surface area contributed by atoms with E-state index in [1.165, 1.54) is 6.92 Å². The molecule has 0 aromatic heterocycles. The van der Waals surface area contributed by atoms with Gasteiger partial charge in [-0.3, -0.25) is 14.6 Å². The molecule has 1 unspecified atom stereocenters. The van der Waals surface area contributed by atoms with Crippen LogP contribution in [0.1, 0.15) is 63.7 Å². The lowest BCUT2D eigenvalue weighted by Gasteiger charge is -2.38. The van der Waals surface area contributed by atoms with E-state index in [1.807, 2.05) is 0 Å². The summed E-state index contributed by atoms with van der Waals surface area (Å²) < 4.78 is 64.7. The number of nitrogens with zero attached hydrogens (tertiary/aromatic N) is 1. The number of amides is 1. The highest BCUT2D eigenvalue weighted by atomic mass is 19.2. The highest BCUT2D eigenvalue weighted by Gasteiger charge is 2.38. The number of hydrogen-bond acceptors (Lipinski definition) is 6. The van der Waals surface area contributed by atoms with E-state index in [1.54, 1.807) is 20.8 Å². The van der Waals surface area contributed by atoms with Gasteiger partial charge in [0.25, 0.3) is 0 Å². The maximum atomic E-state index is 14.2.